The van der Waals surface area contributed by atoms with Gasteiger partial charge in [0.1, 0.15) is 10.7 Å². The highest BCUT2D eigenvalue weighted by atomic mass is 32.2. The molecule has 5 nitrogen and oxygen atoms in total. The minimum atomic E-state index is -3.63. The Labute approximate surface area is 99.5 Å². The number of pyridine rings is 1. The molecule has 2 rings (SSSR count). The molecule has 1 aliphatic heterocycles. The Morgan fingerprint density at radius 1 is 1.53 bits per heavy atom. The Bertz CT molecular complexity index is 506. The van der Waals surface area contributed by atoms with Crippen LogP contribution in [0.1, 0.15) is 6.42 Å². The van der Waals surface area contributed by atoms with Gasteiger partial charge in [-0.25, -0.2) is 12.8 Å². The van der Waals surface area contributed by atoms with Gasteiger partial charge in [-0.2, -0.15) is 4.31 Å². The molecule has 0 bridgehead atoms. The zero-order chi connectivity index (χ0) is 12.5. The minimum absolute atomic E-state index is 0.102. The van der Waals surface area contributed by atoms with Crippen LogP contribution in [0.5, 0.6) is 0 Å². The molecule has 7 heteroatoms. The molecule has 0 amide bonds. The summed E-state index contributed by atoms with van der Waals surface area (Å²) in [5.41, 5.74) is 5.51. The number of nitrogens with zero attached hydrogens (tertiary/aromatic N) is 2. The maximum Gasteiger partial charge on any atom is 0.244 e. The third-order valence-electron chi connectivity index (χ3n) is 2.90. The van der Waals surface area contributed by atoms with Crippen molar-refractivity contribution in [2.24, 2.45) is 11.7 Å². The summed E-state index contributed by atoms with van der Waals surface area (Å²) in [6.07, 6.45) is 2.89. The quantitative estimate of drug-likeness (QED) is 0.840. The fourth-order valence-electron chi connectivity index (χ4n) is 1.89. The molecule has 0 spiro atoms. The molecule has 94 valence electrons. The van der Waals surface area contributed by atoms with Crippen molar-refractivity contribution < 1.29 is 12.8 Å². The zero-order valence-electron chi connectivity index (χ0n) is 9.21. The van der Waals surface area contributed by atoms with E-state index in [1.807, 2.05) is 0 Å². The van der Waals surface area contributed by atoms with E-state index in [4.69, 9.17) is 5.73 Å². The molecule has 0 aromatic carbocycles. The standard InChI is InChI=1S/C10H14FN3O2S/c11-9-3-10(6-13-5-9)17(15,16)14-2-1-8(4-12)7-14/h3,5-6,8H,1-2,4,7,12H2/t8-/m0/s1. The first-order chi connectivity index (χ1) is 8.04. The van der Waals surface area contributed by atoms with Crippen LogP contribution in [0.3, 0.4) is 0 Å². The number of halogens is 1. The average Bonchev–Trinajstić information content (AvgIpc) is 2.78. The lowest BCUT2D eigenvalue weighted by atomic mass is 10.1. The van der Waals surface area contributed by atoms with Gasteiger partial charge in [-0.15, -0.1) is 0 Å². The first kappa shape index (κ1) is 12.4. The third kappa shape index (κ3) is 2.46. The first-order valence-electron chi connectivity index (χ1n) is 5.35. The molecule has 17 heavy (non-hydrogen) atoms. The fraction of sp³-hybridized carbons (Fsp3) is 0.500. The summed E-state index contributed by atoms with van der Waals surface area (Å²) < 4.78 is 38.5. The summed E-state index contributed by atoms with van der Waals surface area (Å²) in [7, 11) is -3.63. The van der Waals surface area contributed by atoms with Gasteiger partial charge in [0.2, 0.25) is 10.0 Å². The second kappa shape index (κ2) is 4.67. The number of aromatic nitrogens is 1. The van der Waals surface area contributed by atoms with Gasteiger partial charge in [0, 0.05) is 19.3 Å². The number of nitrogens with two attached hydrogens (primary N) is 1. The average molecular weight is 259 g/mol. The van der Waals surface area contributed by atoms with Gasteiger partial charge in [0.25, 0.3) is 0 Å². The van der Waals surface area contributed by atoms with Crippen LogP contribution >= 0.6 is 0 Å². The summed E-state index contributed by atoms with van der Waals surface area (Å²) in [4.78, 5) is 3.45. The second-order valence-corrected chi connectivity index (χ2v) is 6.03. The largest absolute Gasteiger partial charge is 0.330 e. The predicted octanol–water partition coefficient (Wildman–Crippen LogP) is 0.190. The first-order valence-corrected chi connectivity index (χ1v) is 6.79. The number of sulfonamides is 1. The minimum Gasteiger partial charge on any atom is -0.330 e. The maximum absolute atomic E-state index is 13.0. The predicted molar refractivity (Wildman–Crippen MR) is 60.1 cm³/mol. The van der Waals surface area contributed by atoms with Gasteiger partial charge < -0.3 is 5.73 Å². The highest BCUT2D eigenvalue weighted by molar-refractivity contribution is 7.89. The van der Waals surface area contributed by atoms with E-state index >= 15 is 0 Å². The van der Waals surface area contributed by atoms with Crippen LogP contribution in [-0.4, -0.2) is 37.3 Å². The van der Waals surface area contributed by atoms with Crippen molar-refractivity contribution in [3.05, 3.63) is 24.3 Å². The van der Waals surface area contributed by atoms with E-state index in [9.17, 15) is 12.8 Å². The highest BCUT2D eigenvalue weighted by Gasteiger charge is 2.32. The van der Waals surface area contributed by atoms with E-state index in [0.717, 1.165) is 24.9 Å². The normalized spacial score (nSPS) is 21.9. The molecular weight excluding hydrogens is 245 g/mol. The van der Waals surface area contributed by atoms with E-state index in [2.05, 4.69) is 4.98 Å². The smallest absolute Gasteiger partial charge is 0.244 e. The van der Waals surface area contributed by atoms with E-state index in [1.54, 1.807) is 0 Å². The summed E-state index contributed by atoms with van der Waals surface area (Å²) in [6.45, 7) is 1.30. The molecular formula is C10H14FN3O2S. The molecule has 0 unspecified atom stereocenters. The van der Waals surface area contributed by atoms with Crippen molar-refractivity contribution in [2.75, 3.05) is 19.6 Å². The SMILES string of the molecule is NC[C@@H]1CCN(S(=O)(=O)c2cncc(F)c2)C1. The zero-order valence-corrected chi connectivity index (χ0v) is 10.0. The Morgan fingerprint density at radius 3 is 2.88 bits per heavy atom. The monoisotopic (exact) mass is 259 g/mol. The lowest BCUT2D eigenvalue weighted by molar-refractivity contribution is 0.458. The van der Waals surface area contributed by atoms with E-state index < -0.39 is 15.8 Å². The molecule has 1 aromatic heterocycles. The van der Waals surface area contributed by atoms with E-state index in [1.165, 1.54) is 4.31 Å². The summed E-state index contributed by atoms with van der Waals surface area (Å²) in [5.74, 6) is -0.466. The number of hydrogen-bond acceptors (Lipinski definition) is 4. The topological polar surface area (TPSA) is 76.3 Å². The van der Waals surface area contributed by atoms with Crippen LogP contribution < -0.4 is 5.73 Å². The van der Waals surface area contributed by atoms with E-state index in [-0.39, 0.29) is 10.8 Å². The molecule has 1 fully saturated rings. The van der Waals surface area contributed by atoms with Crippen molar-refractivity contribution in [3.8, 4) is 0 Å². The van der Waals surface area contributed by atoms with E-state index in [0.29, 0.717) is 19.6 Å². The van der Waals surface area contributed by atoms with Crippen LogP contribution in [-0.2, 0) is 10.0 Å². The van der Waals surface area contributed by atoms with Crippen LogP contribution in [0.15, 0.2) is 23.4 Å². The molecule has 1 atom stereocenters. The van der Waals surface area contributed by atoms with Crippen LogP contribution in [0.4, 0.5) is 4.39 Å². The summed E-state index contributed by atoms with van der Waals surface area (Å²) >= 11 is 0. The molecule has 1 aromatic rings. The van der Waals surface area contributed by atoms with Crippen LogP contribution in [0, 0.1) is 11.7 Å². The second-order valence-electron chi connectivity index (χ2n) is 4.09. The molecule has 1 aliphatic rings. The molecule has 2 heterocycles. The van der Waals surface area contributed by atoms with Gasteiger partial charge in [-0.1, -0.05) is 0 Å². The Hall–Kier alpha value is -1.05. The van der Waals surface area contributed by atoms with Gasteiger partial charge >= 0.3 is 0 Å². The molecule has 1 saturated heterocycles. The molecule has 2 N–H and O–H groups in total. The molecule has 0 aliphatic carbocycles. The number of rotatable bonds is 3. The lowest BCUT2D eigenvalue weighted by Crippen LogP contribution is -2.30. The Balaban J connectivity index is 2.25. The van der Waals surface area contributed by atoms with Crippen molar-refractivity contribution in [2.45, 2.75) is 11.3 Å². The van der Waals surface area contributed by atoms with Crippen molar-refractivity contribution >= 4 is 10.0 Å². The third-order valence-corrected chi connectivity index (χ3v) is 4.73. The molecule has 0 radical (unpaired) electrons. The molecule has 0 saturated carbocycles. The van der Waals surface area contributed by atoms with Crippen LogP contribution in [0.2, 0.25) is 0 Å². The van der Waals surface area contributed by atoms with Gasteiger partial charge in [-0.3, -0.25) is 4.98 Å². The lowest BCUT2D eigenvalue weighted by Gasteiger charge is -2.15. The van der Waals surface area contributed by atoms with Crippen molar-refractivity contribution in [1.29, 1.82) is 0 Å². The summed E-state index contributed by atoms with van der Waals surface area (Å²) in [6, 6.07) is 0.984. The summed E-state index contributed by atoms with van der Waals surface area (Å²) in [5, 5.41) is 0. The van der Waals surface area contributed by atoms with Crippen molar-refractivity contribution in [1.82, 2.24) is 9.29 Å². The van der Waals surface area contributed by atoms with Crippen LogP contribution in [0.25, 0.3) is 0 Å². The van der Waals surface area contributed by atoms with Crippen molar-refractivity contribution in [3.63, 3.8) is 0 Å². The van der Waals surface area contributed by atoms with Gasteiger partial charge in [0.15, 0.2) is 0 Å². The Morgan fingerprint density at radius 2 is 2.29 bits per heavy atom. The Kier molecular flexibility index (Phi) is 3.41. The fourth-order valence-corrected chi connectivity index (χ4v) is 3.40. The van der Waals surface area contributed by atoms with Gasteiger partial charge in [-0.05, 0) is 24.9 Å². The maximum atomic E-state index is 13.0. The van der Waals surface area contributed by atoms with Gasteiger partial charge in [0.05, 0.1) is 6.20 Å². The number of hydrogen-bond donors (Lipinski definition) is 1. The highest BCUT2D eigenvalue weighted by Crippen LogP contribution is 2.23.